The lowest BCUT2D eigenvalue weighted by atomic mass is 9.70. The van der Waals surface area contributed by atoms with Crippen LogP contribution in [0.4, 0.5) is 5.95 Å². The van der Waals surface area contributed by atoms with Gasteiger partial charge in [0.05, 0.1) is 5.69 Å². The number of aryl methyl sites for hydroxylation is 1. The first kappa shape index (κ1) is 18.9. The van der Waals surface area contributed by atoms with Gasteiger partial charge >= 0.3 is 0 Å². The van der Waals surface area contributed by atoms with Crippen molar-refractivity contribution in [2.24, 2.45) is 5.41 Å². The van der Waals surface area contributed by atoms with Crippen LogP contribution in [-0.4, -0.2) is 77.6 Å². The van der Waals surface area contributed by atoms with Gasteiger partial charge in [0.15, 0.2) is 0 Å². The summed E-state index contributed by atoms with van der Waals surface area (Å²) in [4.78, 5) is 28.5. The second-order valence-electron chi connectivity index (χ2n) is 8.54. The molecule has 0 radical (unpaired) electrons. The molecule has 0 bridgehead atoms. The Labute approximate surface area is 167 Å². The highest BCUT2D eigenvalue weighted by atomic mass is 16.2. The number of likely N-dealkylation sites (N-methyl/N-ethyl adjacent to an activating group) is 1. The van der Waals surface area contributed by atoms with E-state index in [0.29, 0.717) is 5.92 Å². The minimum atomic E-state index is 0.0878. The molecular weight excluding hydrogens is 352 g/mol. The Morgan fingerprint density at radius 2 is 2.07 bits per heavy atom. The lowest BCUT2D eigenvalue weighted by Crippen LogP contribution is -2.61. The normalized spacial score (nSPS) is 21.1. The molecule has 0 saturated carbocycles. The van der Waals surface area contributed by atoms with E-state index in [-0.39, 0.29) is 11.3 Å². The predicted octanol–water partition coefficient (Wildman–Crippen LogP) is 1.93. The van der Waals surface area contributed by atoms with E-state index in [1.54, 1.807) is 0 Å². The molecule has 1 amide bonds. The average molecular weight is 383 g/mol. The summed E-state index contributed by atoms with van der Waals surface area (Å²) in [6, 6.07) is 5.94. The Morgan fingerprint density at radius 3 is 2.79 bits per heavy atom. The van der Waals surface area contributed by atoms with E-state index in [0.717, 1.165) is 56.5 Å². The van der Waals surface area contributed by atoms with E-state index in [1.807, 2.05) is 54.5 Å². The van der Waals surface area contributed by atoms with Crippen LogP contribution in [0.1, 0.15) is 35.4 Å². The summed E-state index contributed by atoms with van der Waals surface area (Å²) in [7, 11) is 6.09. The molecule has 2 aliphatic rings. The summed E-state index contributed by atoms with van der Waals surface area (Å²) in [6.07, 6.45) is 4.87. The number of anilines is 1. The summed E-state index contributed by atoms with van der Waals surface area (Å²) in [5.41, 5.74) is 1.98. The molecule has 2 fully saturated rings. The van der Waals surface area contributed by atoms with Crippen LogP contribution >= 0.6 is 0 Å². The van der Waals surface area contributed by atoms with Gasteiger partial charge in [-0.25, -0.2) is 9.97 Å². The average Bonchev–Trinajstić information content (AvgIpc) is 3.24. The summed E-state index contributed by atoms with van der Waals surface area (Å²) in [5.74, 6) is 1.21. The SMILES string of the molecule is CCCn1cccc1C(=O)N1CC2(CN(C)CC2c2ccnc(N(C)C)n2)C1. The second-order valence-corrected chi connectivity index (χ2v) is 8.54. The van der Waals surface area contributed by atoms with Crippen molar-refractivity contribution in [1.29, 1.82) is 0 Å². The topological polar surface area (TPSA) is 57.5 Å². The molecule has 1 spiro atoms. The van der Waals surface area contributed by atoms with Crippen LogP contribution in [0.25, 0.3) is 0 Å². The van der Waals surface area contributed by atoms with Crippen LogP contribution in [0, 0.1) is 5.41 Å². The van der Waals surface area contributed by atoms with E-state index in [4.69, 9.17) is 4.98 Å². The van der Waals surface area contributed by atoms with Crippen molar-refractivity contribution in [3.63, 3.8) is 0 Å². The summed E-state index contributed by atoms with van der Waals surface area (Å²) in [5, 5.41) is 0. The molecule has 2 aromatic rings. The summed E-state index contributed by atoms with van der Waals surface area (Å²) < 4.78 is 2.07. The summed E-state index contributed by atoms with van der Waals surface area (Å²) in [6.45, 7) is 6.57. The minimum Gasteiger partial charge on any atom is -0.347 e. The van der Waals surface area contributed by atoms with Crippen molar-refractivity contribution in [2.75, 3.05) is 52.2 Å². The van der Waals surface area contributed by atoms with E-state index < -0.39 is 0 Å². The Morgan fingerprint density at radius 1 is 1.29 bits per heavy atom. The van der Waals surface area contributed by atoms with Gasteiger partial charge in [-0.15, -0.1) is 0 Å². The molecule has 7 nitrogen and oxygen atoms in total. The van der Waals surface area contributed by atoms with Crippen LogP contribution in [0.2, 0.25) is 0 Å². The molecule has 2 aromatic heterocycles. The Balaban J connectivity index is 1.53. The fraction of sp³-hybridized carbons (Fsp3) is 0.571. The molecule has 150 valence electrons. The zero-order valence-corrected chi connectivity index (χ0v) is 17.3. The number of carbonyl (C=O) groups is 1. The molecule has 0 aliphatic carbocycles. The lowest BCUT2D eigenvalue weighted by molar-refractivity contribution is 0.00275. The highest BCUT2D eigenvalue weighted by Gasteiger charge is 2.55. The Kier molecular flexibility index (Phi) is 4.87. The Bertz CT molecular complexity index is 854. The van der Waals surface area contributed by atoms with Gasteiger partial charge in [-0.05, 0) is 31.7 Å². The summed E-state index contributed by atoms with van der Waals surface area (Å²) >= 11 is 0. The van der Waals surface area contributed by atoms with Gasteiger partial charge < -0.3 is 19.3 Å². The fourth-order valence-corrected chi connectivity index (χ4v) is 4.78. The number of nitrogens with zero attached hydrogens (tertiary/aromatic N) is 6. The standard InChI is InChI=1S/C21H30N6O/c1-5-10-26-11-6-7-18(26)19(28)27-14-21(15-27)13-25(4)12-16(21)17-8-9-22-20(23-17)24(2)3/h6-9,11,16H,5,10,12-15H2,1-4H3. The van der Waals surface area contributed by atoms with Crippen molar-refractivity contribution in [2.45, 2.75) is 25.8 Å². The van der Waals surface area contributed by atoms with Crippen LogP contribution < -0.4 is 4.90 Å². The molecule has 28 heavy (non-hydrogen) atoms. The number of amides is 1. The molecule has 1 unspecified atom stereocenters. The number of rotatable bonds is 5. The van der Waals surface area contributed by atoms with Crippen LogP contribution in [0.5, 0.6) is 0 Å². The van der Waals surface area contributed by atoms with E-state index >= 15 is 0 Å². The minimum absolute atomic E-state index is 0.0878. The van der Waals surface area contributed by atoms with Gasteiger partial charge in [0.1, 0.15) is 5.69 Å². The first-order chi connectivity index (χ1) is 13.4. The van der Waals surface area contributed by atoms with Crippen molar-refractivity contribution < 1.29 is 4.79 Å². The van der Waals surface area contributed by atoms with Crippen molar-refractivity contribution >= 4 is 11.9 Å². The highest BCUT2D eigenvalue weighted by molar-refractivity contribution is 5.93. The maximum Gasteiger partial charge on any atom is 0.270 e. The first-order valence-corrected chi connectivity index (χ1v) is 10.1. The molecule has 2 aliphatic heterocycles. The van der Waals surface area contributed by atoms with Crippen molar-refractivity contribution in [1.82, 2.24) is 24.3 Å². The highest BCUT2D eigenvalue weighted by Crippen LogP contribution is 2.48. The van der Waals surface area contributed by atoms with E-state index in [9.17, 15) is 4.79 Å². The van der Waals surface area contributed by atoms with Crippen molar-refractivity contribution in [3.8, 4) is 0 Å². The molecule has 4 heterocycles. The van der Waals surface area contributed by atoms with Crippen LogP contribution in [0.3, 0.4) is 0 Å². The van der Waals surface area contributed by atoms with E-state index in [1.165, 1.54) is 0 Å². The molecular formula is C21H30N6O. The van der Waals surface area contributed by atoms with Gasteiger partial charge in [0, 0.05) is 70.5 Å². The number of hydrogen-bond donors (Lipinski definition) is 0. The molecule has 0 aromatic carbocycles. The van der Waals surface area contributed by atoms with Gasteiger partial charge in [-0.3, -0.25) is 4.79 Å². The maximum atomic E-state index is 13.1. The quantitative estimate of drug-likeness (QED) is 0.791. The molecule has 0 N–H and O–H groups in total. The molecule has 2 saturated heterocycles. The smallest absolute Gasteiger partial charge is 0.270 e. The maximum absolute atomic E-state index is 13.1. The molecule has 1 atom stereocenters. The Hall–Kier alpha value is -2.41. The van der Waals surface area contributed by atoms with Gasteiger partial charge in [-0.2, -0.15) is 0 Å². The fourth-order valence-electron chi connectivity index (χ4n) is 4.78. The monoisotopic (exact) mass is 382 g/mol. The predicted molar refractivity (Wildman–Crippen MR) is 110 cm³/mol. The molecule has 4 rings (SSSR count). The molecule has 7 heteroatoms. The third kappa shape index (κ3) is 3.17. The zero-order valence-electron chi connectivity index (χ0n) is 17.3. The van der Waals surface area contributed by atoms with Crippen LogP contribution in [-0.2, 0) is 6.54 Å². The number of aromatic nitrogens is 3. The number of carbonyl (C=O) groups excluding carboxylic acids is 1. The largest absolute Gasteiger partial charge is 0.347 e. The van der Waals surface area contributed by atoms with Gasteiger partial charge in [0.2, 0.25) is 5.95 Å². The number of likely N-dealkylation sites (tertiary alicyclic amines) is 2. The van der Waals surface area contributed by atoms with Crippen molar-refractivity contribution in [3.05, 3.63) is 42.0 Å². The third-order valence-electron chi connectivity index (χ3n) is 6.05. The van der Waals surface area contributed by atoms with Crippen LogP contribution in [0.15, 0.2) is 30.6 Å². The van der Waals surface area contributed by atoms with Gasteiger partial charge in [0.25, 0.3) is 5.91 Å². The third-order valence-corrected chi connectivity index (χ3v) is 6.05. The first-order valence-electron chi connectivity index (χ1n) is 10.1. The number of hydrogen-bond acceptors (Lipinski definition) is 5. The lowest BCUT2D eigenvalue weighted by Gasteiger charge is -2.51. The second kappa shape index (κ2) is 7.20. The van der Waals surface area contributed by atoms with Gasteiger partial charge in [-0.1, -0.05) is 6.92 Å². The zero-order chi connectivity index (χ0) is 19.9. The van der Waals surface area contributed by atoms with E-state index in [2.05, 4.69) is 28.4 Å².